The average Bonchev–Trinajstić information content (AvgIpc) is 2.87. The SMILES string of the molecule is CC1CCCCC1Nc1cc2c(cc1[N+](=O)[O-])OCO2. The molecule has 6 heteroatoms. The lowest BCUT2D eigenvalue weighted by molar-refractivity contribution is -0.384. The summed E-state index contributed by atoms with van der Waals surface area (Å²) >= 11 is 0. The monoisotopic (exact) mass is 278 g/mol. The van der Waals surface area contributed by atoms with Crippen LogP contribution in [-0.2, 0) is 0 Å². The van der Waals surface area contributed by atoms with Crippen LogP contribution in [-0.4, -0.2) is 17.8 Å². The van der Waals surface area contributed by atoms with Crippen molar-refractivity contribution in [2.75, 3.05) is 12.1 Å². The molecule has 6 nitrogen and oxygen atoms in total. The van der Waals surface area contributed by atoms with E-state index in [9.17, 15) is 10.1 Å². The van der Waals surface area contributed by atoms with E-state index in [1.807, 2.05) is 0 Å². The third-order valence-corrected chi connectivity index (χ3v) is 4.14. The molecule has 0 radical (unpaired) electrons. The second kappa shape index (κ2) is 5.19. The summed E-state index contributed by atoms with van der Waals surface area (Å²) in [6, 6.07) is 3.41. The van der Waals surface area contributed by atoms with E-state index in [1.54, 1.807) is 6.07 Å². The largest absolute Gasteiger partial charge is 0.454 e. The summed E-state index contributed by atoms with van der Waals surface area (Å²) in [5.41, 5.74) is 0.574. The number of anilines is 1. The molecule has 0 amide bonds. The molecule has 1 N–H and O–H groups in total. The minimum absolute atomic E-state index is 0.0482. The molecule has 1 aliphatic heterocycles. The molecule has 20 heavy (non-hydrogen) atoms. The van der Waals surface area contributed by atoms with E-state index in [0.717, 1.165) is 12.8 Å². The van der Waals surface area contributed by atoms with Crippen molar-refractivity contribution >= 4 is 11.4 Å². The van der Waals surface area contributed by atoms with Gasteiger partial charge in [0.2, 0.25) is 6.79 Å². The van der Waals surface area contributed by atoms with Crippen LogP contribution >= 0.6 is 0 Å². The Balaban J connectivity index is 1.89. The van der Waals surface area contributed by atoms with E-state index in [0.29, 0.717) is 23.1 Å². The summed E-state index contributed by atoms with van der Waals surface area (Å²) in [6.07, 6.45) is 4.62. The summed E-state index contributed by atoms with van der Waals surface area (Å²) in [7, 11) is 0. The normalized spacial score (nSPS) is 24.4. The number of nitrogens with zero attached hydrogens (tertiary/aromatic N) is 1. The van der Waals surface area contributed by atoms with Gasteiger partial charge in [0, 0.05) is 12.1 Å². The molecule has 0 spiro atoms. The number of nitro groups is 1. The lowest BCUT2D eigenvalue weighted by atomic mass is 9.86. The van der Waals surface area contributed by atoms with E-state index in [-0.39, 0.29) is 23.4 Å². The fourth-order valence-corrected chi connectivity index (χ4v) is 2.93. The third-order valence-electron chi connectivity index (χ3n) is 4.14. The first-order chi connectivity index (χ1) is 9.65. The summed E-state index contributed by atoms with van der Waals surface area (Å²) in [5, 5.41) is 14.5. The quantitative estimate of drug-likeness (QED) is 0.678. The first-order valence-corrected chi connectivity index (χ1v) is 6.99. The maximum atomic E-state index is 11.2. The van der Waals surface area contributed by atoms with Gasteiger partial charge in [-0.05, 0) is 18.8 Å². The highest BCUT2D eigenvalue weighted by Crippen LogP contribution is 2.41. The minimum atomic E-state index is -0.377. The van der Waals surface area contributed by atoms with Crippen LogP contribution in [0.2, 0.25) is 0 Å². The van der Waals surface area contributed by atoms with E-state index < -0.39 is 0 Å². The molecule has 2 unspecified atom stereocenters. The molecule has 0 bridgehead atoms. The maximum Gasteiger partial charge on any atom is 0.296 e. The van der Waals surface area contributed by atoms with E-state index >= 15 is 0 Å². The number of ether oxygens (including phenoxy) is 2. The van der Waals surface area contributed by atoms with Crippen LogP contribution < -0.4 is 14.8 Å². The average molecular weight is 278 g/mol. The van der Waals surface area contributed by atoms with Gasteiger partial charge in [-0.1, -0.05) is 19.8 Å². The molecule has 1 aliphatic carbocycles. The van der Waals surface area contributed by atoms with E-state index in [2.05, 4.69) is 12.2 Å². The lowest BCUT2D eigenvalue weighted by Gasteiger charge is -2.30. The molecule has 0 aromatic heterocycles. The molecule has 1 heterocycles. The summed E-state index contributed by atoms with van der Waals surface area (Å²) in [4.78, 5) is 10.8. The fraction of sp³-hybridized carbons (Fsp3) is 0.571. The Hall–Kier alpha value is -1.98. The Morgan fingerprint density at radius 3 is 2.65 bits per heavy atom. The second-order valence-electron chi connectivity index (χ2n) is 5.49. The fourth-order valence-electron chi connectivity index (χ4n) is 2.93. The maximum absolute atomic E-state index is 11.2. The third kappa shape index (κ3) is 2.37. The number of nitrogens with one attached hydrogen (secondary N) is 1. The van der Waals surface area contributed by atoms with Crippen LogP contribution in [0.4, 0.5) is 11.4 Å². The highest BCUT2D eigenvalue weighted by atomic mass is 16.7. The first kappa shape index (κ1) is 13.0. The Morgan fingerprint density at radius 2 is 1.95 bits per heavy atom. The smallest absolute Gasteiger partial charge is 0.296 e. The van der Waals surface area contributed by atoms with Gasteiger partial charge in [-0.15, -0.1) is 0 Å². The first-order valence-electron chi connectivity index (χ1n) is 6.99. The molecule has 2 atom stereocenters. The summed E-state index contributed by atoms with van der Waals surface area (Å²) < 4.78 is 10.5. The molecular weight excluding hydrogens is 260 g/mol. The van der Waals surface area contributed by atoms with Crippen molar-refractivity contribution in [2.45, 2.75) is 38.6 Å². The predicted octanol–water partition coefficient (Wildman–Crippen LogP) is 3.31. The van der Waals surface area contributed by atoms with Crippen LogP contribution in [0.1, 0.15) is 32.6 Å². The van der Waals surface area contributed by atoms with Gasteiger partial charge < -0.3 is 14.8 Å². The van der Waals surface area contributed by atoms with Crippen LogP contribution in [0.15, 0.2) is 12.1 Å². The topological polar surface area (TPSA) is 73.6 Å². The Kier molecular flexibility index (Phi) is 3.38. The Labute approximate surface area is 117 Å². The standard InChI is InChI=1S/C14H18N2O4/c1-9-4-2-3-5-10(9)15-11-6-13-14(20-8-19-13)7-12(11)16(17)18/h6-7,9-10,15H,2-5,8H2,1H3. The minimum Gasteiger partial charge on any atom is -0.454 e. The predicted molar refractivity (Wildman–Crippen MR) is 74.3 cm³/mol. The molecule has 3 rings (SSSR count). The molecule has 1 fully saturated rings. The molecule has 108 valence electrons. The molecular formula is C14H18N2O4. The van der Waals surface area contributed by atoms with Crippen LogP contribution in [0.3, 0.4) is 0 Å². The highest BCUT2D eigenvalue weighted by Gasteiger charge is 2.27. The van der Waals surface area contributed by atoms with Gasteiger partial charge in [-0.3, -0.25) is 10.1 Å². The number of hydrogen-bond acceptors (Lipinski definition) is 5. The van der Waals surface area contributed by atoms with Crippen molar-refractivity contribution < 1.29 is 14.4 Å². The van der Waals surface area contributed by atoms with Crippen molar-refractivity contribution in [1.29, 1.82) is 0 Å². The number of nitro benzene ring substituents is 1. The second-order valence-corrected chi connectivity index (χ2v) is 5.49. The van der Waals surface area contributed by atoms with Gasteiger partial charge in [0.05, 0.1) is 11.0 Å². The molecule has 1 aromatic rings. The van der Waals surface area contributed by atoms with Crippen molar-refractivity contribution in [3.05, 3.63) is 22.2 Å². The number of rotatable bonds is 3. The molecule has 1 saturated carbocycles. The summed E-state index contributed by atoms with van der Waals surface area (Å²) in [6.45, 7) is 2.31. The van der Waals surface area contributed by atoms with Crippen molar-refractivity contribution in [2.24, 2.45) is 5.92 Å². The van der Waals surface area contributed by atoms with Gasteiger partial charge in [0.15, 0.2) is 11.5 Å². The van der Waals surface area contributed by atoms with E-state index in [1.165, 1.54) is 18.9 Å². The number of hydrogen-bond donors (Lipinski definition) is 1. The van der Waals surface area contributed by atoms with Crippen molar-refractivity contribution in [3.63, 3.8) is 0 Å². The Bertz CT molecular complexity index is 532. The van der Waals surface area contributed by atoms with Crippen molar-refractivity contribution in [3.8, 4) is 11.5 Å². The number of benzene rings is 1. The Morgan fingerprint density at radius 1 is 1.25 bits per heavy atom. The molecule has 0 saturated heterocycles. The zero-order valence-corrected chi connectivity index (χ0v) is 11.4. The van der Waals surface area contributed by atoms with E-state index in [4.69, 9.17) is 9.47 Å². The number of fused-ring (bicyclic) bond motifs is 1. The summed E-state index contributed by atoms with van der Waals surface area (Å²) in [5.74, 6) is 1.54. The zero-order chi connectivity index (χ0) is 14.1. The van der Waals surface area contributed by atoms with Gasteiger partial charge in [-0.25, -0.2) is 0 Å². The van der Waals surface area contributed by atoms with Gasteiger partial charge >= 0.3 is 0 Å². The lowest BCUT2D eigenvalue weighted by Crippen LogP contribution is -2.30. The van der Waals surface area contributed by atoms with Gasteiger partial charge in [0.1, 0.15) is 5.69 Å². The molecule has 2 aliphatic rings. The highest BCUT2D eigenvalue weighted by molar-refractivity contribution is 5.69. The van der Waals surface area contributed by atoms with Crippen LogP contribution in [0, 0.1) is 16.0 Å². The van der Waals surface area contributed by atoms with Crippen LogP contribution in [0.5, 0.6) is 11.5 Å². The van der Waals surface area contributed by atoms with Crippen LogP contribution in [0.25, 0.3) is 0 Å². The molecule has 1 aromatic carbocycles. The van der Waals surface area contributed by atoms with Crippen molar-refractivity contribution in [1.82, 2.24) is 0 Å². The zero-order valence-electron chi connectivity index (χ0n) is 11.4. The van der Waals surface area contributed by atoms with Gasteiger partial charge in [0.25, 0.3) is 5.69 Å². The van der Waals surface area contributed by atoms with Gasteiger partial charge in [-0.2, -0.15) is 0 Å².